The predicted octanol–water partition coefficient (Wildman–Crippen LogP) is 8.04. The van der Waals surface area contributed by atoms with E-state index in [2.05, 4.69) is 105 Å². The van der Waals surface area contributed by atoms with E-state index < -0.39 is 0 Å². The van der Waals surface area contributed by atoms with Crippen molar-refractivity contribution < 1.29 is 4.79 Å². The molecule has 0 N–H and O–H groups in total. The van der Waals surface area contributed by atoms with Crippen molar-refractivity contribution in [1.29, 1.82) is 0 Å². The third-order valence-electron chi connectivity index (χ3n) is 7.46. The first-order valence-electron chi connectivity index (χ1n) is 13.6. The van der Waals surface area contributed by atoms with Crippen LogP contribution in [-0.4, -0.2) is 18.9 Å². The van der Waals surface area contributed by atoms with E-state index >= 15 is 0 Å². The molecule has 188 valence electrons. The van der Waals surface area contributed by atoms with Crippen LogP contribution in [0.1, 0.15) is 67.3 Å². The van der Waals surface area contributed by atoms with Gasteiger partial charge in [-0.15, -0.1) is 0 Å². The highest BCUT2D eigenvalue weighted by molar-refractivity contribution is 6.02. The molecule has 1 fully saturated rings. The van der Waals surface area contributed by atoms with Crippen molar-refractivity contribution in [2.24, 2.45) is 11.8 Å². The molecule has 0 spiro atoms. The number of hydrogen-bond acceptors (Lipinski definition) is 2. The van der Waals surface area contributed by atoms with Gasteiger partial charge in [-0.1, -0.05) is 93.1 Å². The monoisotopic (exact) mass is 479 g/mol. The van der Waals surface area contributed by atoms with E-state index in [1.165, 1.54) is 59.4 Å². The van der Waals surface area contributed by atoms with E-state index in [1.807, 2.05) is 6.08 Å². The maximum absolute atomic E-state index is 12.5. The second kappa shape index (κ2) is 12.2. The van der Waals surface area contributed by atoms with Gasteiger partial charge in [0, 0.05) is 18.8 Å². The van der Waals surface area contributed by atoms with Gasteiger partial charge in [0.2, 0.25) is 0 Å². The number of fused-ring (bicyclic) bond motifs is 1. The molecular formula is C34H41NO. The van der Waals surface area contributed by atoms with Crippen LogP contribution in [0.15, 0.2) is 78.9 Å². The number of benzene rings is 3. The second-order valence-corrected chi connectivity index (χ2v) is 11.0. The summed E-state index contributed by atoms with van der Waals surface area (Å²) in [6.07, 6.45) is 8.24. The molecule has 1 saturated heterocycles. The molecule has 1 aliphatic heterocycles. The first kappa shape index (κ1) is 25.9. The molecule has 2 aliphatic rings. The highest BCUT2D eigenvalue weighted by Gasteiger charge is 2.25. The minimum absolute atomic E-state index is 0.0526. The molecule has 0 saturated carbocycles. The topological polar surface area (TPSA) is 20.3 Å². The van der Waals surface area contributed by atoms with Gasteiger partial charge in [-0.2, -0.15) is 0 Å². The van der Waals surface area contributed by atoms with Gasteiger partial charge in [0.05, 0.1) is 5.92 Å². The molecule has 1 heterocycles. The Bertz CT molecular complexity index is 1170. The smallest absolute Gasteiger partial charge is 0.163 e. The summed E-state index contributed by atoms with van der Waals surface area (Å²) in [6, 6.07) is 25.7. The Kier molecular flexibility index (Phi) is 8.80. The quantitative estimate of drug-likeness (QED) is 0.369. The van der Waals surface area contributed by atoms with E-state index in [1.54, 1.807) is 6.08 Å². The molecule has 1 unspecified atom stereocenters. The average molecular weight is 480 g/mol. The number of piperidine rings is 1. The summed E-state index contributed by atoms with van der Waals surface area (Å²) in [5, 5.41) is 0. The molecule has 1 atom stereocenters. The van der Waals surface area contributed by atoms with Gasteiger partial charge in [-0.3, -0.25) is 4.79 Å². The maximum atomic E-state index is 12.5. The van der Waals surface area contributed by atoms with Gasteiger partial charge in [-0.25, -0.2) is 0 Å². The van der Waals surface area contributed by atoms with E-state index in [4.69, 9.17) is 0 Å². The Morgan fingerprint density at radius 2 is 1.53 bits per heavy atom. The molecule has 0 amide bonds. The fraction of sp³-hybridized carbons (Fsp3) is 0.382. The van der Waals surface area contributed by atoms with Crippen LogP contribution in [0.3, 0.4) is 0 Å². The number of carbonyl (C=O) groups excluding carboxylic acids is 1. The van der Waals surface area contributed by atoms with Crippen LogP contribution >= 0.6 is 0 Å². The number of nitrogens with zero attached hydrogens (tertiary/aromatic N) is 1. The molecule has 1 aliphatic carbocycles. The van der Waals surface area contributed by atoms with Gasteiger partial charge >= 0.3 is 0 Å². The maximum Gasteiger partial charge on any atom is 0.163 e. The average Bonchev–Trinajstić information content (AvgIpc) is 2.88. The normalized spacial score (nSPS) is 17.5. The van der Waals surface area contributed by atoms with Crippen molar-refractivity contribution >= 4 is 17.5 Å². The van der Waals surface area contributed by atoms with E-state index in [-0.39, 0.29) is 11.7 Å². The lowest BCUT2D eigenvalue weighted by Crippen LogP contribution is -2.32. The van der Waals surface area contributed by atoms with Crippen LogP contribution < -0.4 is 4.90 Å². The number of ketones is 1. The van der Waals surface area contributed by atoms with E-state index in [0.29, 0.717) is 5.92 Å². The number of aryl methyl sites for hydroxylation is 1. The standard InChI is InChI=1S/C22H24O.C12H17N/c1-15(2)12-18-6-4-5-7-19(18)14-21-20-13-16(3)8-9-17(20)10-11-22(21)23;1-11-7-9-13(10-8-11)12-5-3-2-4-6-12/h4-11,13,15,21H,12,14H2,1-3H3;2-6,11H,7-10H2,1H3. The Hall–Kier alpha value is -3.13. The summed E-state index contributed by atoms with van der Waals surface area (Å²) in [4.78, 5) is 15.0. The van der Waals surface area contributed by atoms with Gasteiger partial charge in [0.1, 0.15) is 0 Å². The molecule has 2 nitrogen and oxygen atoms in total. The van der Waals surface area contributed by atoms with Crippen LogP contribution in [-0.2, 0) is 17.6 Å². The third-order valence-corrected chi connectivity index (χ3v) is 7.46. The number of anilines is 1. The molecule has 3 aromatic carbocycles. The van der Waals surface area contributed by atoms with Gasteiger partial charge in [-0.05, 0) is 84.9 Å². The SMILES string of the molecule is CC1CCN(c2ccccc2)CC1.Cc1ccc2c(c1)C(Cc1ccccc1CC(C)C)C(=O)C=C2. The molecule has 3 aromatic rings. The summed E-state index contributed by atoms with van der Waals surface area (Å²) in [5.74, 6) is 1.71. The zero-order chi connectivity index (χ0) is 25.5. The summed E-state index contributed by atoms with van der Waals surface area (Å²) in [5.41, 5.74) is 7.64. The number of para-hydroxylation sites is 1. The van der Waals surface area contributed by atoms with Gasteiger partial charge < -0.3 is 4.90 Å². The Labute approximate surface area is 218 Å². The second-order valence-electron chi connectivity index (χ2n) is 11.0. The van der Waals surface area contributed by atoms with Crippen LogP contribution in [0.2, 0.25) is 0 Å². The number of hydrogen-bond donors (Lipinski definition) is 0. The van der Waals surface area contributed by atoms with Crippen molar-refractivity contribution in [2.45, 2.75) is 59.3 Å². The molecule has 0 aromatic heterocycles. The molecule has 5 rings (SSSR count). The van der Waals surface area contributed by atoms with Gasteiger partial charge in [0.25, 0.3) is 0 Å². The number of carbonyl (C=O) groups is 1. The van der Waals surface area contributed by atoms with Crippen molar-refractivity contribution in [1.82, 2.24) is 0 Å². The minimum atomic E-state index is -0.0526. The van der Waals surface area contributed by atoms with Crippen molar-refractivity contribution in [3.05, 3.63) is 107 Å². The first-order valence-corrected chi connectivity index (χ1v) is 13.6. The van der Waals surface area contributed by atoms with Crippen LogP contribution in [0.5, 0.6) is 0 Å². The highest BCUT2D eigenvalue weighted by Crippen LogP contribution is 2.32. The lowest BCUT2D eigenvalue weighted by Gasteiger charge is -2.32. The fourth-order valence-corrected chi connectivity index (χ4v) is 5.32. The third kappa shape index (κ3) is 6.75. The summed E-state index contributed by atoms with van der Waals surface area (Å²) < 4.78 is 0. The molecular weight excluding hydrogens is 438 g/mol. The van der Waals surface area contributed by atoms with Crippen molar-refractivity contribution in [3.8, 4) is 0 Å². The summed E-state index contributed by atoms with van der Waals surface area (Å²) in [7, 11) is 0. The highest BCUT2D eigenvalue weighted by atomic mass is 16.1. The number of allylic oxidation sites excluding steroid dienone is 1. The largest absolute Gasteiger partial charge is 0.372 e. The van der Waals surface area contributed by atoms with E-state index in [0.717, 1.165) is 18.8 Å². The predicted molar refractivity (Wildman–Crippen MR) is 154 cm³/mol. The molecule has 2 heteroatoms. The van der Waals surface area contributed by atoms with Crippen LogP contribution in [0.4, 0.5) is 5.69 Å². The first-order chi connectivity index (χ1) is 17.4. The van der Waals surface area contributed by atoms with Crippen molar-refractivity contribution in [3.63, 3.8) is 0 Å². The fourth-order valence-electron chi connectivity index (χ4n) is 5.32. The Balaban J connectivity index is 0.000000197. The van der Waals surface area contributed by atoms with E-state index in [9.17, 15) is 4.79 Å². The molecule has 36 heavy (non-hydrogen) atoms. The van der Waals surface area contributed by atoms with Crippen LogP contribution in [0, 0.1) is 18.8 Å². The molecule has 0 bridgehead atoms. The lowest BCUT2D eigenvalue weighted by molar-refractivity contribution is -0.116. The zero-order valence-electron chi connectivity index (χ0n) is 22.4. The Morgan fingerprint density at radius 1 is 0.861 bits per heavy atom. The summed E-state index contributed by atoms with van der Waals surface area (Å²) >= 11 is 0. The number of rotatable bonds is 5. The molecule has 0 radical (unpaired) electrons. The van der Waals surface area contributed by atoms with Crippen LogP contribution in [0.25, 0.3) is 6.08 Å². The van der Waals surface area contributed by atoms with Crippen molar-refractivity contribution in [2.75, 3.05) is 18.0 Å². The summed E-state index contributed by atoms with van der Waals surface area (Å²) in [6.45, 7) is 11.4. The lowest BCUT2D eigenvalue weighted by atomic mass is 9.80. The zero-order valence-corrected chi connectivity index (χ0v) is 22.4. The minimum Gasteiger partial charge on any atom is -0.372 e. The Morgan fingerprint density at radius 3 is 2.22 bits per heavy atom. The van der Waals surface area contributed by atoms with Gasteiger partial charge in [0.15, 0.2) is 5.78 Å².